The van der Waals surface area contributed by atoms with Crippen molar-refractivity contribution in [3.8, 4) is 16.9 Å². The first-order valence-corrected chi connectivity index (χ1v) is 11.2. The quantitative estimate of drug-likeness (QED) is 0.449. The fourth-order valence-corrected chi connectivity index (χ4v) is 5.60. The second kappa shape index (κ2) is 8.29. The van der Waals surface area contributed by atoms with Crippen LogP contribution in [-0.4, -0.2) is 28.5 Å². The van der Waals surface area contributed by atoms with Gasteiger partial charge in [0.05, 0.1) is 12.1 Å². The van der Waals surface area contributed by atoms with Gasteiger partial charge in [0.2, 0.25) is 0 Å². The molecule has 1 atom stereocenters. The number of rotatable bonds is 5. The third-order valence-corrected chi connectivity index (χ3v) is 6.90. The van der Waals surface area contributed by atoms with Gasteiger partial charge in [-0.3, -0.25) is 9.36 Å². The molecule has 33 heavy (non-hydrogen) atoms. The minimum Gasteiger partial charge on any atom is -0.497 e. The van der Waals surface area contributed by atoms with E-state index in [1.807, 2.05) is 36.4 Å². The van der Waals surface area contributed by atoms with E-state index in [4.69, 9.17) is 9.15 Å². The largest absolute Gasteiger partial charge is 0.497 e. The minimum atomic E-state index is -1.03. The topological polar surface area (TPSA) is 98.7 Å². The molecule has 2 aromatic carbocycles. The summed E-state index contributed by atoms with van der Waals surface area (Å²) in [6.07, 6.45) is 0.306. The smallest absolute Gasteiger partial charge is 0.336 e. The molecule has 0 aliphatic carbocycles. The van der Waals surface area contributed by atoms with Crippen LogP contribution in [0.4, 0.5) is 0 Å². The van der Waals surface area contributed by atoms with Crippen LogP contribution in [0.3, 0.4) is 0 Å². The van der Waals surface area contributed by atoms with Crippen molar-refractivity contribution < 1.29 is 19.1 Å². The van der Waals surface area contributed by atoms with Gasteiger partial charge in [-0.25, -0.2) is 9.59 Å². The zero-order chi connectivity index (χ0) is 23.1. The third-order valence-electron chi connectivity index (χ3n) is 5.74. The number of nitrogens with zero attached hydrogens (tertiary/aromatic N) is 1. The Labute approximate surface area is 192 Å². The number of hydrogen-bond donors (Lipinski definition) is 1. The number of aliphatic carboxylic acids is 1. The number of aromatic nitrogens is 1. The van der Waals surface area contributed by atoms with E-state index >= 15 is 0 Å². The highest BCUT2D eigenvalue weighted by molar-refractivity contribution is 7.99. The van der Waals surface area contributed by atoms with E-state index < -0.39 is 17.6 Å². The van der Waals surface area contributed by atoms with Crippen molar-refractivity contribution in [2.75, 3.05) is 12.9 Å². The number of ether oxygens (including phenoxy) is 1. The molecule has 4 aromatic rings. The standard InChI is InChI=1S/C25H19NO6S/c1-31-17-7-8-18-15(11-22(28)32-20(18)12-17)9-16-10-21(27)26-19(25(29)30)13-33-24(26)23(16)14-5-3-2-4-6-14/h2-8,10-12,19H,9,13H2,1H3,(H,29,30)/t19-/m0/s1. The van der Waals surface area contributed by atoms with Crippen molar-refractivity contribution >= 4 is 28.7 Å². The van der Waals surface area contributed by atoms with E-state index in [-0.39, 0.29) is 11.3 Å². The average Bonchev–Trinajstić information content (AvgIpc) is 3.25. The number of carbonyl (C=O) groups is 1. The Morgan fingerprint density at radius 3 is 2.64 bits per heavy atom. The molecule has 1 aliphatic heterocycles. The van der Waals surface area contributed by atoms with Crippen LogP contribution in [0.15, 0.2) is 79.7 Å². The highest BCUT2D eigenvalue weighted by Crippen LogP contribution is 2.41. The average molecular weight is 461 g/mol. The Morgan fingerprint density at radius 1 is 1.12 bits per heavy atom. The molecule has 0 saturated heterocycles. The van der Waals surface area contributed by atoms with Gasteiger partial charge in [-0.15, -0.1) is 11.8 Å². The SMILES string of the molecule is COc1ccc2c(Cc3cc(=O)n4c(c3-c3ccccc3)SC[C@H]4C(=O)O)cc(=O)oc2c1. The normalized spacial score (nSPS) is 14.9. The van der Waals surface area contributed by atoms with Crippen LogP contribution in [0.25, 0.3) is 22.1 Å². The lowest BCUT2D eigenvalue weighted by Crippen LogP contribution is -2.29. The number of pyridine rings is 1. The lowest BCUT2D eigenvalue weighted by atomic mass is 9.95. The molecule has 0 amide bonds. The molecule has 0 fully saturated rings. The third kappa shape index (κ3) is 3.72. The summed E-state index contributed by atoms with van der Waals surface area (Å²) in [7, 11) is 1.54. The molecule has 0 unspecified atom stereocenters. The molecule has 166 valence electrons. The highest BCUT2D eigenvalue weighted by atomic mass is 32.2. The van der Waals surface area contributed by atoms with Gasteiger partial charge in [-0.1, -0.05) is 30.3 Å². The maximum Gasteiger partial charge on any atom is 0.336 e. The van der Waals surface area contributed by atoms with Crippen LogP contribution in [-0.2, 0) is 11.2 Å². The number of carboxylic acids is 1. The van der Waals surface area contributed by atoms with Gasteiger partial charge < -0.3 is 14.3 Å². The van der Waals surface area contributed by atoms with E-state index in [9.17, 15) is 19.5 Å². The zero-order valence-electron chi connectivity index (χ0n) is 17.6. The van der Waals surface area contributed by atoms with E-state index in [2.05, 4.69) is 0 Å². The Balaban J connectivity index is 1.73. The Kier molecular flexibility index (Phi) is 5.30. The molecular formula is C25H19NO6S. The summed E-state index contributed by atoms with van der Waals surface area (Å²) in [5, 5.41) is 11.0. The number of fused-ring (bicyclic) bond motifs is 2. The van der Waals surface area contributed by atoms with Gasteiger partial charge in [0.15, 0.2) is 0 Å². The number of carboxylic acid groups (broad SMARTS) is 1. The number of methoxy groups -OCH3 is 1. The lowest BCUT2D eigenvalue weighted by molar-refractivity contribution is -0.140. The monoisotopic (exact) mass is 461 g/mol. The van der Waals surface area contributed by atoms with Crippen molar-refractivity contribution in [3.63, 3.8) is 0 Å². The van der Waals surface area contributed by atoms with Gasteiger partial charge in [-0.2, -0.15) is 0 Å². The predicted octanol–water partition coefficient (Wildman–Crippen LogP) is 3.95. The van der Waals surface area contributed by atoms with Gasteiger partial charge in [-0.05, 0) is 35.2 Å². The maximum atomic E-state index is 13.0. The second-order valence-electron chi connectivity index (χ2n) is 7.72. The summed E-state index contributed by atoms with van der Waals surface area (Å²) >= 11 is 1.36. The fraction of sp³-hybridized carbons (Fsp3) is 0.160. The molecule has 1 N–H and O–H groups in total. The van der Waals surface area contributed by atoms with Gasteiger partial charge in [0.1, 0.15) is 17.4 Å². The summed E-state index contributed by atoms with van der Waals surface area (Å²) in [6.45, 7) is 0. The van der Waals surface area contributed by atoms with Crippen molar-refractivity contribution in [3.05, 3.63) is 92.6 Å². The first-order chi connectivity index (χ1) is 16.0. The second-order valence-corrected chi connectivity index (χ2v) is 8.73. The molecule has 3 heterocycles. The van der Waals surface area contributed by atoms with E-state index in [0.29, 0.717) is 28.3 Å². The summed E-state index contributed by atoms with van der Waals surface area (Å²) in [6, 6.07) is 16.8. The number of thioether (sulfide) groups is 1. The zero-order valence-corrected chi connectivity index (χ0v) is 18.4. The first kappa shape index (κ1) is 21.1. The van der Waals surface area contributed by atoms with E-state index in [0.717, 1.165) is 22.1 Å². The van der Waals surface area contributed by atoms with Crippen LogP contribution in [0.5, 0.6) is 5.75 Å². The molecule has 8 heteroatoms. The Morgan fingerprint density at radius 2 is 1.91 bits per heavy atom. The van der Waals surface area contributed by atoms with Gasteiger partial charge >= 0.3 is 11.6 Å². The van der Waals surface area contributed by atoms with Crippen molar-refractivity contribution in [2.45, 2.75) is 17.5 Å². The van der Waals surface area contributed by atoms with Crippen LogP contribution in [0, 0.1) is 0 Å². The number of benzene rings is 2. The van der Waals surface area contributed by atoms with E-state index in [1.54, 1.807) is 12.1 Å². The molecule has 0 bridgehead atoms. The minimum absolute atomic E-state index is 0.283. The number of hydrogen-bond acceptors (Lipinski definition) is 6. The van der Waals surface area contributed by atoms with Crippen LogP contribution >= 0.6 is 11.8 Å². The van der Waals surface area contributed by atoms with Gasteiger partial charge in [0, 0.05) is 34.9 Å². The van der Waals surface area contributed by atoms with Crippen molar-refractivity contribution in [1.29, 1.82) is 0 Å². The van der Waals surface area contributed by atoms with Crippen LogP contribution in [0.2, 0.25) is 0 Å². The van der Waals surface area contributed by atoms with E-state index in [1.165, 1.54) is 35.6 Å². The molecule has 7 nitrogen and oxygen atoms in total. The van der Waals surface area contributed by atoms with Crippen molar-refractivity contribution in [1.82, 2.24) is 4.57 Å². The Bertz CT molecular complexity index is 1510. The highest BCUT2D eigenvalue weighted by Gasteiger charge is 2.33. The van der Waals surface area contributed by atoms with Crippen LogP contribution < -0.4 is 15.9 Å². The molecular weight excluding hydrogens is 442 g/mol. The predicted molar refractivity (Wildman–Crippen MR) is 125 cm³/mol. The van der Waals surface area contributed by atoms with Crippen molar-refractivity contribution in [2.24, 2.45) is 0 Å². The molecule has 0 radical (unpaired) electrons. The summed E-state index contributed by atoms with van der Waals surface area (Å²) in [5.41, 5.74) is 2.65. The maximum absolute atomic E-state index is 13.0. The molecule has 0 saturated carbocycles. The first-order valence-electron chi connectivity index (χ1n) is 10.3. The van der Waals surface area contributed by atoms with Gasteiger partial charge in [0.25, 0.3) is 5.56 Å². The summed E-state index contributed by atoms with van der Waals surface area (Å²) < 4.78 is 12.0. The molecule has 5 rings (SSSR count). The lowest BCUT2D eigenvalue weighted by Gasteiger charge is -2.17. The fourth-order valence-electron chi connectivity index (χ4n) is 4.24. The Hall–Kier alpha value is -3.78. The molecule has 1 aliphatic rings. The summed E-state index contributed by atoms with van der Waals surface area (Å²) in [5.74, 6) is -0.179. The van der Waals surface area contributed by atoms with Crippen LogP contribution in [0.1, 0.15) is 17.2 Å². The summed E-state index contributed by atoms with van der Waals surface area (Å²) in [4.78, 5) is 37.1. The molecule has 0 spiro atoms. The molecule has 2 aromatic heterocycles.